The van der Waals surface area contributed by atoms with E-state index in [0.29, 0.717) is 41.2 Å². The number of nitrogens with one attached hydrogen (secondary N) is 2. The lowest BCUT2D eigenvalue weighted by Gasteiger charge is -2.37. The number of fused-ring (bicyclic) bond motifs is 2. The van der Waals surface area contributed by atoms with Gasteiger partial charge in [-0.15, -0.1) is 0 Å². The third kappa shape index (κ3) is 5.33. The molecule has 2 atom stereocenters. The number of amides is 4. The van der Waals surface area contributed by atoms with Crippen molar-refractivity contribution >= 4 is 29.5 Å². The molecule has 42 heavy (non-hydrogen) atoms. The number of benzene rings is 2. The molecule has 0 radical (unpaired) electrons. The Hall–Kier alpha value is -4.00. The maximum atomic E-state index is 13.6. The second-order valence-electron chi connectivity index (χ2n) is 11.3. The third-order valence-electron chi connectivity index (χ3n) is 8.27. The van der Waals surface area contributed by atoms with Gasteiger partial charge in [0.15, 0.2) is 0 Å². The first kappa shape index (κ1) is 29.5. The minimum absolute atomic E-state index is 0.138. The molecule has 3 aliphatic rings. The molecule has 2 saturated heterocycles. The number of rotatable bonds is 8. The van der Waals surface area contributed by atoms with Crippen molar-refractivity contribution in [2.24, 2.45) is 5.41 Å². The minimum atomic E-state index is -4.74. The molecule has 1 unspecified atom stereocenters. The van der Waals surface area contributed by atoms with Crippen molar-refractivity contribution in [3.63, 3.8) is 0 Å². The van der Waals surface area contributed by atoms with Crippen LogP contribution in [-0.2, 0) is 37.7 Å². The number of ether oxygens (including phenoxy) is 1. The van der Waals surface area contributed by atoms with Crippen LogP contribution in [0.15, 0.2) is 42.5 Å². The van der Waals surface area contributed by atoms with E-state index in [1.165, 1.54) is 12.1 Å². The number of halogens is 4. The highest BCUT2D eigenvalue weighted by Gasteiger charge is 2.58. The van der Waals surface area contributed by atoms with Gasteiger partial charge >= 0.3 is 12.3 Å². The maximum Gasteiger partial charge on any atom is 0.418 e. The topological polar surface area (TPSA) is 108 Å². The monoisotopic (exact) mass is 590 g/mol. The van der Waals surface area contributed by atoms with E-state index >= 15 is 0 Å². The van der Waals surface area contributed by atoms with Gasteiger partial charge in [-0.3, -0.25) is 14.4 Å². The van der Waals surface area contributed by atoms with Gasteiger partial charge in [-0.1, -0.05) is 18.2 Å². The molecule has 2 aromatic carbocycles. The van der Waals surface area contributed by atoms with Gasteiger partial charge in [-0.25, -0.2) is 14.1 Å². The maximum absolute atomic E-state index is 13.6. The molecule has 4 amide bonds. The zero-order valence-corrected chi connectivity index (χ0v) is 23.0. The van der Waals surface area contributed by atoms with Gasteiger partial charge in [0.05, 0.1) is 5.41 Å². The molecule has 9 nitrogen and oxygen atoms in total. The van der Waals surface area contributed by atoms with E-state index in [1.54, 1.807) is 18.2 Å². The van der Waals surface area contributed by atoms with Crippen LogP contribution in [0.2, 0.25) is 0 Å². The second-order valence-corrected chi connectivity index (χ2v) is 11.3. The number of nitrogens with zero attached hydrogens (tertiary/aromatic N) is 2. The molecule has 224 valence electrons. The fourth-order valence-corrected chi connectivity index (χ4v) is 5.49. The summed E-state index contributed by atoms with van der Waals surface area (Å²) >= 11 is 0. The highest BCUT2D eigenvalue weighted by atomic mass is 19.4. The second kappa shape index (κ2) is 10.7. The lowest BCUT2D eigenvalue weighted by molar-refractivity contribution is -0.187. The van der Waals surface area contributed by atoms with Crippen LogP contribution in [0.1, 0.15) is 43.4 Å². The summed E-state index contributed by atoms with van der Waals surface area (Å²) in [6, 6.07) is 7.53. The Morgan fingerprint density at radius 2 is 1.83 bits per heavy atom. The van der Waals surface area contributed by atoms with Gasteiger partial charge in [0.1, 0.15) is 11.9 Å². The Morgan fingerprint density at radius 1 is 1.14 bits per heavy atom. The number of hydrogen-bond acceptors (Lipinski definition) is 6. The van der Waals surface area contributed by atoms with Crippen LogP contribution < -0.4 is 10.6 Å². The van der Waals surface area contributed by atoms with Crippen molar-refractivity contribution in [2.45, 2.75) is 57.5 Å². The number of carbonyl (C=O) groups excluding carboxylic acids is 4. The number of alkyl halides is 3. The smallest absolute Gasteiger partial charge is 0.418 e. The normalized spacial score (nSPS) is 21.5. The van der Waals surface area contributed by atoms with E-state index in [-0.39, 0.29) is 17.9 Å². The Morgan fingerprint density at radius 3 is 2.45 bits per heavy atom. The first-order valence-electron chi connectivity index (χ1n) is 13.5. The minimum Gasteiger partial charge on any atom is -0.427 e. The van der Waals surface area contributed by atoms with Crippen LogP contribution >= 0.6 is 0 Å². The largest absolute Gasteiger partial charge is 0.427 e. The molecule has 2 aromatic rings. The van der Waals surface area contributed by atoms with Crippen LogP contribution in [0.3, 0.4) is 0 Å². The Balaban J connectivity index is 1.28. The lowest BCUT2D eigenvalue weighted by atomic mass is 9.83. The highest BCUT2D eigenvalue weighted by molar-refractivity contribution is 6.04. The van der Waals surface area contributed by atoms with E-state index in [9.17, 15) is 36.7 Å². The summed E-state index contributed by atoms with van der Waals surface area (Å²) in [4.78, 5) is 53.3. The third-order valence-corrected chi connectivity index (χ3v) is 8.27. The van der Waals surface area contributed by atoms with Crippen molar-refractivity contribution < 1.29 is 41.5 Å². The summed E-state index contributed by atoms with van der Waals surface area (Å²) in [6.07, 6.45) is -5.75. The van der Waals surface area contributed by atoms with Crippen LogP contribution in [0, 0.1) is 11.2 Å². The standard InChI is InChI=1S/C29H30F4N4O5/c1-17(29(31,32)33)37(14-18-3-5-20(30)6-4-18)23(38)10-12-36-25(40)28(42-26(36)41)11-9-19-13-21(7-8-22(19)28)35-24(39)27(2)15-34-16-27/h3-8,13,17,34H,9-12,14-16H2,1-2H3,(H,35,39)/t17-,28?/m0/s1. The number of hydrogen-bond donors (Lipinski definition) is 2. The van der Waals surface area contributed by atoms with E-state index in [4.69, 9.17) is 4.74 Å². The van der Waals surface area contributed by atoms with Crippen molar-refractivity contribution in [3.8, 4) is 0 Å². The summed E-state index contributed by atoms with van der Waals surface area (Å²) in [5.41, 5.74) is -0.103. The lowest BCUT2D eigenvalue weighted by Crippen LogP contribution is -2.58. The Labute approximate surface area is 239 Å². The summed E-state index contributed by atoms with van der Waals surface area (Å²) < 4.78 is 59.6. The zero-order valence-electron chi connectivity index (χ0n) is 23.0. The number of anilines is 1. The van der Waals surface area contributed by atoms with E-state index in [2.05, 4.69) is 10.6 Å². The molecule has 2 fully saturated rings. The summed E-state index contributed by atoms with van der Waals surface area (Å²) in [5, 5.41) is 5.95. The predicted octanol–water partition coefficient (Wildman–Crippen LogP) is 3.86. The fraction of sp³-hybridized carbons (Fsp3) is 0.448. The molecular weight excluding hydrogens is 560 g/mol. The molecule has 0 bridgehead atoms. The molecular formula is C29H30F4N4O5. The van der Waals surface area contributed by atoms with Crippen molar-refractivity contribution in [1.29, 1.82) is 0 Å². The van der Waals surface area contributed by atoms with Gasteiger partial charge < -0.3 is 20.3 Å². The van der Waals surface area contributed by atoms with Gasteiger partial charge in [0.25, 0.3) is 5.91 Å². The zero-order chi connectivity index (χ0) is 30.4. The first-order valence-corrected chi connectivity index (χ1v) is 13.5. The van der Waals surface area contributed by atoms with Crippen LogP contribution in [0.5, 0.6) is 0 Å². The summed E-state index contributed by atoms with van der Waals surface area (Å²) in [6.45, 7) is 2.90. The molecule has 0 saturated carbocycles. The predicted molar refractivity (Wildman–Crippen MR) is 141 cm³/mol. The summed E-state index contributed by atoms with van der Waals surface area (Å²) in [5.74, 6) is -2.34. The summed E-state index contributed by atoms with van der Waals surface area (Å²) in [7, 11) is 0. The van der Waals surface area contributed by atoms with E-state index in [0.717, 1.165) is 24.0 Å². The van der Waals surface area contributed by atoms with Gasteiger partial charge in [-0.05, 0) is 55.7 Å². The van der Waals surface area contributed by atoms with E-state index in [1.807, 2.05) is 6.92 Å². The molecule has 5 rings (SSSR count). The molecule has 2 heterocycles. The Kier molecular flexibility index (Phi) is 7.50. The first-order chi connectivity index (χ1) is 19.7. The van der Waals surface area contributed by atoms with Gasteiger partial charge in [0, 0.05) is 50.3 Å². The average Bonchev–Trinajstić information content (AvgIpc) is 3.40. The highest BCUT2D eigenvalue weighted by Crippen LogP contribution is 2.46. The van der Waals surface area contributed by atoms with Gasteiger partial charge in [-0.2, -0.15) is 13.2 Å². The van der Waals surface area contributed by atoms with Crippen LogP contribution in [0.25, 0.3) is 0 Å². The molecule has 2 aliphatic heterocycles. The van der Waals surface area contributed by atoms with Crippen molar-refractivity contribution in [3.05, 3.63) is 65.0 Å². The van der Waals surface area contributed by atoms with Crippen LogP contribution in [0.4, 0.5) is 28.0 Å². The molecule has 1 spiro atoms. The van der Waals surface area contributed by atoms with Crippen molar-refractivity contribution in [1.82, 2.24) is 15.1 Å². The number of carbonyl (C=O) groups is 4. The van der Waals surface area contributed by atoms with Crippen molar-refractivity contribution in [2.75, 3.05) is 25.0 Å². The number of aryl methyl sites for hydroxylation is 1. The van der Waals surface area contributed by atoms with Crippen LogP contribution in [-0.4, -0.2) is 65.5 Å². The average molecular weight is 591 g/mol. The number of imide groups is 1. The van der Waals surface area contributed by atoms with Gasteiger partial charge in [0.2, 0.25) is 17.4 Å². The SMILES string of the molecule is C[C@H](N(Cc1ccc(F)cc1)C(=O)CCN1C(=O)OC2(CCc3cc(NC(=O)C4(C)CNC4)ccc32)C1=O)C(F)(F)F. The molecule has 13 heteroatoms. The molecule has 1 aliphatic carbocycles. The molecule has 2 N–H and O–H groups in total. The molecule has 0 aromatic heterocycles. The van der Waals surface area contributed by atoms with E-state index < -0.39 is 66.5 Å². The Bertz CT molecular complexity index is 1430. The quantitative estimate of drug-likeness (QED) is 0.453. The fourth-order valence-electron chi connectivity index (χ4n) is 5.49.